The predicted molar refractivity (Wildman–Crippen MR) is 121 cm³/mol. The highest BCUT2D eigenvalue weighted by molar-refractivity contribution is 6.30. The van der Waals surface area contributed by atoms with Gasteiger partial charge in [0.25, 0.3) is 0 Å². The van der Waals surface area contributed by atoms with Gasteiger partial charge in [0.15, 0.2) is 0 Å². The lowest BCUT2D eigenvalue weighted by Crippen LogP contribution is -2.45. The molecule has 0 aliphatic carbocycles. The van der Waals surface area contributed by atoms with Crippen molar-refractivity contribution in [2.45, 2.75) is 32.5 Å². The molecule has 0 fully saturated rings. The van der Waals surface area contributed by atoms with E-state index in [1.807, 2.05) is 42.5 Å². The van der Waals surface area contributed by atoms with Gasteiger partial charge in [0, 0.05) is 18.1 Å². The van der Waals surface area contributed by atoms with E-state index in [1.165, 1.54) is 11.1 Å². The minimum atomic E-state index is -0.0357. The van der Waals surface area contributed by atoms with Gasteiger partial charge in [0.2, 0.25) is 5.91 Å². The summed E-state index contributed by atoms with van der Waals surface area (Å²) in [6.45, 7) is 3.78. The summed E-state index contributed by atoms with van der Waals surface area (Å²) >= 11 is 5.93. The summed E-state index contributed by atoms with van der Waals surface area (Å²) in [5.41, 5.74) is 4.50. The van der Waals surface area contributed by atoms with Crippen molar-refractivity contribution in [3.63, 3.8) is 0 Å². The highest BCUT2D eigenvalue weighted by Crippen LogP contribution is 2.35. The van der Waals surface area contributed by atoms with Crippen LogP contribution in [0, 0.1) is 6.92 Å². The van der Waals surface area contributed by atoms with Crippen molar-refractivity contribution in [1.82, 2.24) is 5.32 Å². The molecule has 3 aromatic rings. The largest absolute Gasteiger partial charge is 0.489 e. The maximum atomic E-state index is 12.7. The molecule has 1 N–H and O–H groups in total. The number of benzene rings is 3. The number of nitrogens with one attached hydrogen (secondary N) is 1. The average Bonchev–Trinajstić information content (AvgIpc) is 2.76. The number of aryl methyl sites for hydroxylation is 1. The molecule has 0 aromatic heterocycles. The van der Waals surface area contributed by atoms with Gasteiger partial charge in [-0.3, -0.25) is 4.79 Å². The van der Waals surface area contributed by atoms with E-state index in [2.05, 4.69) is 47.5 Å². The van der Waals surface area contributed by atoms with Gasteiger partial charge in [-0.2, -0.15) is 0 Å². The number of halogens is 1. The number of ether oxygens (including phenoxy) is 1. The molecule has 1 amide bonds. The maximum Gasteiger partial charge on any atom is 0.222 e. The third-order valence-corrected chi connectivity index (χ3v) is 5.60. The molecule has 30 heavy (non-hydrogen) atoms. The van der Waals surface area contributed by atoms with Gasteiger partial charge >= 0.3 is 0 Å². The Bertz CT molecular complexity index is 1000. The van der Waals surface area contributed by atoms with E-state index < -0.39 is 0 Å². The summed E-state index contributed by atoms with van der Waals surface area (Å²) in [5, 5.41) is 3.71. The fourth-order valence-corrected chi connectivity index (χ4v) is 3.78. The van der Waals surface area contributed by atoms with Crippen molar-refractivity contribution in [2.24, 2.45) is 0 Å². The van der Waals surface area contributed by atoms with Crippen molar-refractivity contribution in [1.29, 1.82) is 0 Å². The number of hydrogen-bond acceptors (Lipinski definition) is 3. The predicted octanol–water partition coefficient (Wildman–Crippen LogP) is 5.12. The van der Waals surface area contributed by atoms with E-state index in [9.17, 15) is 4.79 Å². The third kappa shape index (κ3) is 4.95. The number of anilines is 1. The highest BCUT2D eigenvalue weighted by Gasteiger charge is 2.29. The van der Waals surface area contributed by atoms with Gasteiger partial charge < -0.3 is 15.0 Å². The Morgan fingerprint density at radius 3 is 2.50 bits per heavy atom. The van der Waals surface area contributed by atoms with E-state index in [0.29, 0.717) is 24.6 Å². The molecule has 154 valence electrons. The second kappa shape index (κ2) is 9.23. The summed E-state index contributed by atoms with van der Waals surface area (Å²) in [5.74, 6) is 0.870. The summed E-state index contributed by atoms with van der Waals surface area (Å²) in [7, 11) is 0. The second-order valence-electron chi connectivity index (χ2n) is 7.65. The lowest BCUT2D eigenvalue weighted by atomic mass is 10.1. The standard InChI is InChI=1S/C25H25ClN2O2/c1-18-6-8-20(9-7-18)16-28-22(17-30-24-5-3-2-4-23(24)28)14-25(29)27-15-19-10-12-21(26)13-11-19/h2-13,22H,14-17H2,1H3,(H,27,29). The first-order valence-electron chi connectivity index (χ1n) is 10.1. The van der Waals surface area contributed by atoms with Crippen LogP contribution in [0.15, 0.2) is 72.8 Å². The fraction of sp³-hybridized carbons (Fsp3) is 0.240. The van der Waals surface area contributed by atoms with Crippen LogP contribution in [0.3, 0.4) is 0 Å². The molecule has 1 heterocycles. The Morgan fingerprint density at radius 2 is 1.73 bits per heavy atom. The molecule has 1 aliphatic rings. The first-order chi connectivity index (χ1) is 14.6. The van der Waals surface area contributed by atoms with Crippen LogP contribution in [0.5, 0.6) is 5.75 Å². The van der Waals surface area contributed by atoms with Crippen molar-refractivity contribution in [3.8, 4) is 5.75 Å². The summed E-state index contributed by atoms with van der Waals surface area (Å²) in [6.07, 6.45) is 0.369. The smallest absolute Gasteiger partial charge is 0.222 e. The monoisotopic (exact) mass is 420 g/mol. The van der Waals surface area contributed by atoms with Crippen LogP contribution in [0.25, 0.3) is 0 Å². The average molecular weight is 421 g/mol. The number of fused-ring (bicyclic) bond motifs is 1. The molecule has 0 spiro atoms. The van der Waals surface area contributed by atoms with E-state index >= 15 is 0 Å². The van der Waals surface area contributed by atoms with E-state index in [-0.39, 0.29) is 11.9 Å². The van der Waals surface area contributed by atoms with E-state index in [1.54, 1.807) is 0 Å². The minimum Gasteiger partial charge on any atom is -0.489 e. The Balaban J connectivity index is 1.46. The molecule has 0 saturated carbocycles. The fourth-order valence-electron chi connectivity index (χ4n) is 3.65. The van der Waals surface area contributed by atoms with Crippen LogP contribution >= 0.6 is 11.6 Å². The van der Waals surface area contributed by atoms with Crippen LogP contribution in [0.1, 0.15) is 23.1 Å². The minimum absolute atomic E-state index is 0.00633. The summed E-state index contributed by atoms with van der Waals surface area (Å²) < 4.78 is 5.96. The Morgan fingerprint density at radius 1 is 1.03 bits per heavy atom. The van der Waals surface area contributed by atoms with E-state index in [0.717, 1.165) is 23.5 Å². The Hall–Kier alpha value is -2.98. The Kier molecular flexibility index (Phi) is 6.24. The summed E-state index contributed by atoms with van der Waals surface area (Å²) in [6, 6.07) is 24.0. The quantitative estimate of drug-likeness (QED) is 0.601. The van der Waals surface area contributed by atoms with Gasteiger partial charge in [0.1, 0.15) is 12.4 Å². The normalized spacial score (nSPS) is 15.3. The molecule has 5 heteroatoms. The molecule has 4 rings (SSSR count). The van der Waals surface area contributed by atoms with Gasteiger partial charge in [-0.15, -0.1) is 0 Å². The van der Waals surface area contributed by atoms with Crippen LogP contribution in [0.2, 0.25) is 5.02 Å². The zero-order chi connectivity index (χ0) is 20.9. The number of carbonyl (C=O) groups is 1. The number of carbonyl (C=O) groups excluding carboxylic acids is 1. The molecule has 0 saturated heterocycles. The molecule has 4 nitrogen and oxygen atoms in total. The van der Waals surface area contributed by atoms with Gasteiger partial charge in [-0.1, -0.05) is 65.7 Å². The summed E-state index contributed by atoms with van der Waals surface area (Å²) in [4.78, 5) is 15.0. The number of rotatable bonds is 6. The van der Waals surface area contributed by atoms with Crippen molar-refractivity contribution < 1.29 is 9.53 Å². The SMILES string of the molecule is Cc1ccc(CN2c3ccccc3OCC2CC(=O)NCc2ccc(Cl)cc2)cc1. The van der Waals surface area contributed by atoms with Crippen LogP contribution in [-0.4, -0.2) is 18.6 Å². The molecule has 3 aromatic carbocycles. The third-order valence-electron chi connectivity index (χ3n) is 5.34. The Labute approximate surface area is 182 Å². The number of amides is 1. The molecule has 1 atom stereocenters. The lowest BCUT2D eigenvalue weighted by Gasteiger charge is -2.38. The molecule has 1 unspecified atom stereocenters. The van der Waals surface area contributed by atoms with Gasteiger partial charge in [-0.25, -0.2) is 0 Å². The first-order valence-corrected chi connectivity index (χ1v) is 10.5. The molecular weight excluding hydrogens is 396 g/mol. The van der Waals surface area contributed by atoms with Gasteiger partial charge in [0.05, 0.1) is 18.2 Å². The highest BCUT2D eigenvalue weighted by atomic mass is 35.5. The second-order valence-corrected chi connectivity index (χ2v) is 8.09. The van der Waals surface area contributed by atoms with Crippen LogP contribution in [-0.2, 0) is 17.9 Å². The van der Waals surface area contributed by atoms with Crippen molar-refractivity contribution >= 4 is 23.2 Å². The zero-order valence-corrected chi connectivity index (χ0v) is 17.7. The number of nitrogens with zero attached hydrogens (tertiary/aromatic N) is 1. The van der Waals surface area contributed by atoms with Gasteiger partial charge in [-0.05, 0) is 42.3 Å². The maximum absolute atomic E-state index is 12.7. The van der Waals surface area contributed by atoms with Crippen molar-refractivity contribution in [2.75, 3.05) is 11.5 Å². The van der Waals surface area contributed by atoms with Crippen LogP contribution in [0.4, 0.5) is 5.69 Å². The van der Waals surface area contributed by atoms with Crippen LogP contribution < -0.4 is 15.0 Å². The zero-order valence-electron chi connectivity index (χ0n) is 17.0. The first kappa shape index (κ1) is 20.3. The number of hydrogen-bond donors (Lipinski definition) is 1. The molecular formula is C25H25ClN2O2. The van der Waals surface area contributed by atoms with Crippen molar-refractivity contribution in [3.05, 3.63) is 94.5 Å². The molecule has 0 bridgehead atoms. The topological polar surface area (TPSA) is 41.6 Å². The lowest BCUT2D eigenvalue weighted by molar-refractivity contribution is -0.121. The molecule has 0 radical (unpaired) electrons. The van der Waals surface area contributed by atoms with E-state index in [4.69, 9.17) is 16.3 Å². The molecule has 1 aliphatic heterocycles. The number of para-hydroxylation sites is 2.